The summed E-state index contributed by atoms with van der Waals surface area (Å²) in [6.07, 6.45) is 1.43. The molecular weight excluding hydrogens is 219 g/mol. The molecule has 2 aliphatic rings. The number of aromatic nitrogens is 1. The monoisotopic (exact) mass is 236 g/mol. The van der Waals surface area contributed by atoms with Crippen molar-refractivity contribution in [3.8, 4) is 0 Å². The fraction of sp³-hybridized carbons (Fsp3) is 0.615. The Bertz CT molecular complexity index is 435. The zero-order valence-electron chi connectivity index (χ0n) is 10.1. The third-order valence-corrected chi connectivity index (χ3v) is 4.12. The van der Waals surface area contributed by atoms with Crippen LogP contribution >= 0.6 is 0 Å². The molecule has 1 saturated heterocycles. The van der Waals surface area contributed by atoms with Crippen LogP contribution in [0.5, 0.6) is 0 Å². The molecule has 1 aromatic heterocycles. The average molecular weight is 236 g/mol. The van der Waals surface area contributed by atoms with Gasteiger partial charge in [-0.15, -0.1) is 0 Å². The van der Waals surface area contributed by atoms with Crippen molar-refractivity contribution in [2.24, 2.45) is 11.3 Å². The standard InChI is InChI=1S/C13H17FN2O/c1-13(2)11(8-6-7-17-12(8)13)16-10-5-3-4-9(14)15-10/h3-5,8,11-12H,6-7H2,1-2H3,(H,15,16). The molecule has 92 valence electrons. The van der Waals surface area contributed by atoms with Gasteiger partial charge in [0.1, 0.15) is 5.82 Å². The molecule has 17 heavy (non-hydrogen) atoms. The Balaban J connectivity index is 1.77. The molecular formula is C13H17FN2O. The van der Waals surface area contributed by atoms with Crippen LogP contribution in [0, 0.1) is 17.3 Å². The predicted molar refractivity (Wildman–Crippen MR) is 63.2 cm³/mol. The lowest BCUT2D eigenvalue weighted by Crippen LogP contribution is -2.63. The van der Waals surface area contributed by atoms with Crippen molar-refractivity contribution in [3.05, 3.63) is 24.1 Å². The van der Waals surface area contributed by atoms with Gasteiger partial charge in [-0.2, -0.15) is 4.39 Å². The number of hydrogen-bond donors (Lipinski definition) is 1. The van der Waals surface area contributed by atoms with E-state index in [1.165, 1.54) is 6.07 Å². The molecule has 1 saturated carbocycles. The Kier molecular flexibility index (Phi) is 2.36. The van der Waals surface area contributed by atoms with Gasteiger partial charge in [0.15, 0.2) is 0 Å². The first-order chi connectivity index (χ1) is 8.09. The second kappa shape index (κ2) is 3.67. The van der Waals surface area contributed by atoms with Crippen molar-refractivity contribution in [3.63, 3.8) is 0 Å². The van der Waals surface area contributed by atoms with Gasteiger partial charge in [-0.3, -0.25) is 0 Å². The highest BCUT2D eigenvalue weighted by molar-refractivity contribution is 5.38. The summed E-state index contributed by atoms with van der Waals surface area (Å²) in [6, 6.07) is 5.17. The van der Waals surface area contributed by atoms with Gasteiger partial charge < -0.3 is 10.1 Å². The van der Waals surface area contributed by atoms with Crippen LogP contribution in [0.2, 0.25) is 0 Å². The Morgan fingerprint density at radius 1 is 1.47 bits per heavy atom. The van der Waals surface area contributed by atoms with E-state index < -0.39 is 5.95 Å². The van der Waals surface area contributed by atoms with Crippen LogP contribution < -0.4 is 5.32 Å². The van der Waals surface area contributed by atoms with Gasteiger partial charge in [-0.1, -0.05) is 19.9 Å². The van der Waals surface area contributed by atoms with Crippen molar-refractivity contribution in [1.82, 2.24) is 4.98 Å². The van der Waals surface area contributed by atoms with E-state index >= 15 is 0 Å². The number of ether oxygens (including phenoxy) is 1. The first-order valence-corrected chi connectivity index (χ1v) is 6.10. The summed E-state index contributed by atoms with van der Waals surface area (Å²) >= 11 is 0. The minimum Gasteiger partial charge on any atom is -0.377 e. The smallest absolute Gasteiger partial charge is 0.214 e. The molecule has 0 amide bonds. The molecule has 2 heterocycles. The zero-order valence-corrected chi connectivity index (χ0v) is 10.1. The molecule has 3 nitrogen and oxygen atoms in total. The van der Waals surface area contributed by atoms with Crippen molar-refractivity contribution < 1.29 is 9.13 Å². The van der Waals surface area contributed by atoms with E-state index in [0.29, 0.717) is 23.9 Å². The number of anilines is 1. The molecule has 3 rings (SSSR count). The lowest BCUT2D eigenvalue weighted by atomic mass is 9.57. The molecule has 0 radical (unpaired) electrons. The fourth-order valence-corrected chi connectivity index (χ4v) is 3.27. The minimum atomic E-state index is -0.439. The number of hydrogen-bond acceptors (Lipinski definition) is 3. The molecule has 1 aliphatic carbocycles. The van der Waals surface area contributed by atoms with Crippen LogP contribution in [0.25, 0.3) is 0 Å². The molecule has 1 aromatic rings. The fourth-order valence-electron chi connectivity index (χ4n) is 3.27. The first-order valence-electron chi connectivity index (χ1n) is 6.10. The molecule has 4 heteroatoms. The highest BCUT2D eigenvalue weighted by Gasteiger charge is 2.59. The number of nitrogens with zero attached hydrogens (tertiary/aromatic N) is 1. The summed E-state index contributed by atoms with van der Waals surface area (Å²) in [4.78, 5) is 3.86. The van der Waals surface area contributed by atoms with Crippen molar-refractivity contribution >= 4 is 5.82 Å². The van der Waals surface area contributed by atoms with Crippen LogP contribution in [-0.4, -0.2) is 23.7 Å². The maximum atomic E-state index is 13.0. The normalized spacial score (nSPS) is 33.9. The third-order valence-electron chi connectivity index (χ3n) is 4.12. The van der Waals surface area contributed by atoms with Crippen LogP contribution in [0.4, 0.5) is 10.2 Å². The maximum absolute atomic E-state index is 13.0. The van der Waals surface area contributed by atoms with E-state index in [4.69, 9.17) is 4.74 Å². The molecule has 2 fully saturated rings. The largest absolute Gasteiger partial charge is 0.377 e. The highest BCUT2D eigenvalue weighted by atomic mass is 19.1. The average Bonchev–Trinajstić information content (AvgIpc) is 2.72. The van der Waals surface area contributed by atoms with Crippen molar-refractivity contribution in [2.75, 3.05) is 11.9 Å². The van der Waals surface area contributed by atoms with Gasteiger partial charge in [-0.05, 0) is 18.6 Å². The predicted octanol–water partition coefficient (Wildman–Crippen LogP) is 2.45. The molecule has 3 unspecified atom stereocenters. The summed E-state index contributed by atoms with van der Waals surface area (Å²) in [5.41, 5.74) is 0.0924. The molecule has 3 atom stereocenters. The summed E-state index contributed by atoms with van der Waals surface area (Å²) in [6.45, 7) is 5.22. The van der Waals surface area contributed by atoms with Crippen LogP contribution in [0.15, 0.2) is 18.2 Å². The van der Waals surface area contributed by atoms with Gasteiger partial charge in [-0.25, -0.2) is 4.98 Å². The van der Waals surface area contributed by atoms with Gasteiger partial charge in [0, 0.05) is 24.0 Å². The van der Waals surface area contributed by atoms with Crippen LogP contribution in [0.3, 0.4) is 0 Å². The van der Waals surface area contributed by atoms with E-state index in [0.717, 1.165) is 13.0 Å². The third kappa shape index (κ3) is 1.62. The molecule has 1 aliphatic heterocycles. The highest BCUT2D eigenvalue weighted by Crippen LogP contribution is 2.53. The number of rotatable bonds is 2. The van der Waals surface area contributed by atoms with Gasteiger partial charge in [0.2, 0.25) is 5.95 Å². The second-order valence-electron chi connectivity index (χ2n) is 5.53. The number of halogens is 1. The van der Waals surface area contributed by atoms with Gasteiger partial charge >= 0.3 is 0 Å². The quantitative estimate of drug-likeness (QED) is 0.801. The Labute approximate surface area is 100 Å². The number of fused-ring (bicyclic) bond motifs is 1. The van der Waals surface area contributed by atoms with E-state index in [2.05, 4.69) is 24.1 Å². The van der Waals surface area contributed by atoms with Gasteiger partial charge in [0.05, 0.1) is 6.10 Å². The number of nitrogens with one attached hydrogen (secondary N) is 1. The van der Waals surface area contributed by atoms with Crippen molar-refractivity contribution in [2.45, 2.75) is 32.4 Å². The Morgan fingerprint density at radius 3 is 3.06 bits per heavy atom. The van der Waals surface area contributed by atoms with Crippen LogP contribution in [-0.2, 0) is 4.74 Å². The van der Waals surface area contributed by atoms with Crippen LogP contribution in [0.1, 0.15) is 20.3 Å². The number of pyridine rings is 1. The second-order valence-corrected chi connectivity index (χ2v) is 5.53. The Morgan fingerprint density at radius 2 is 2.29 bits per heavy atom. The molecule has 1 N–H and O–H groups in total. The van der Waals surface area contributed by atoms with E-state index in [-0.39, 0.29) is 5.41 Å². The molecule has 0 aromatic carbocycles. The maximum Gasteiger partial charge on any atom is 0.214 e. The zero-order chi connectivity index (χ0) is 12.0. The lowest BCUT2D eigenvalue weighted by molar-refractivity contribution is -0.0924. The minimum absolute atomic E-state index is 0.0924. The molecule has 0 spiro atoms. The summed E-state index contributed by atoms with van der Waals surface area (Å²) in [7, 11) is 0. The van der Waals surface area contributed by atoms with Gasteiger partial charge in [0.25, 0.3) is 0 Å². The first kappa shape index (κ1) is 11.0. The lowest BCUT2D eigenvalue weighted by Gasteiger charge is -2.54. The summed E-state index contributed by atoms with van der Waals surface area (Å²) in [5.74, 6) is 0.717. The summed E-state index contributed by atoms with van der Waals surface area (Å²) in [5, 5.41) is 3.35. The Hall–Kier alpha value is -1.16. The van der Waals surface area contributed by atoms with E-state index in [9.17, 15) is 4.39 Å². The van der Waals surface area contributed by atoms with E-state index in [1.807, 2.05) is 6.07 Å². The molecule has 0 bridgehead atoms. The SMILES string of the molecule is CC1(C)C(Nc2cccc(F)n2)C2CCOC21. The van der Waals surface area contributed by atoms with Crippen molar-refractivity contribution in [1.29, 1.82) is 0 Å². The summed E-state index contributed by atoms with van der Waals surface area (Å²) < 4.78 is 18.7. The van der Waals surface area contributed by atoms with E-state index in [1.54, 1.807) is 6.07 Å². The topological polar surface area (TPSA) is 34.2 Å².